The van der Waals surface area contributed by atoms with Crippen LogP contribution in [-0.2, 0) is 17.9 Å². The number of aromatic amines is 1. The van der Waals surface area contributed by atoms with Gasteiger partial charge < -0.3 is 19.8 Å². The number of esters is 1. The van der Waals surface area contributed by atoms with Crippen LogP contribution < -0.4 is 14.8 Å². The summed E-state index contributed by atoms with van der Waals surface area (Å²) in [5, 5.41) is 2.79. The fourth-order valence-electron chi connectivity index (χ4n) is 5.22. The van der Waals surface area contributed by atoms with Crippen molar-refractivity contribution in [3.63, 3.8) is 0 Å². The number of nitrogens with zero attached hydrogens (tertiary/aromatic N) is 1. The lowest BCUT2D eigenvalue weighted by Crippen LogP contribution is -2.32. The molecule has 1 saturated carbocycles. The van der Waals surface area contributed by atoms with E-state index in [1.54, 1.807) is 24.3 Å². The molecule has 1 amide bonds. The molecule has 0 aliphatic heterocycles. The lowest BCUT2D eigenvalue weighted by molar-refractivity contribution is -0.189. The Morgan fingerprint density at radius 3 is 2.36 bits per heavy atom. The molecule has 42 heavy (non-hydrogen) atoms. The minimum absolute atomic E-state index is 0.101. The lowest BCUT2D eigenvalue weighted by atomic mass is 9.94. The van der Waals surface area contributed by atoms with Gasteiger partial charge in [-0.15, -0.1) is 0 Å². The number of ether oxygens (including phenoxy) is 2. The highest BCUT2D eigenvalue weighted by molar-refractivity contribution is 6.10. The van der Waals surface area contributed by atoms with Crippen LogP contribution in [0, 0.1) is 0 Å². The number of carbonyl (C=O) groups is 2. The molecular formula is C32H32F3N3O4. The number of benzene rings is 3. The van der Waals surface area contributed by atoms with Gasteiger partial charge in [-0.25, -0.2) is 4.79 Å². The van der Waals surface area contributed by atoms with Gasteiger partial charge in [0, 0.05) is 23.7 Å². The highest BCUT2D eigenvalue weighted by atomic mass is 19.4. The number of H-pyrrole nitrogens is 1. The van der Waals surface area contributed by atoms with E-state index in [2.05, 4.69) is 22.2 Å². The third kappa shape index (κ3) is 7.12. The average Bonchev–Trinajstić information content (AvgIpc) is 3.35. The molecule has 0 unspecified atom stereocenters. The van der Waals surface area contributed by atoms with E-state index in [-0.39, 0.29) is 17.7 Å². The van der Waals surface area contributed by atoms with Crippen molar-refractivity contribution in [3.8, 4) is 11.5 Å². The van der Waals surface area contributed by atoms with E-state index in [1.807, 2.05) is 42.5 Å². The van der Waals surface area contributed by atoms with Crippen LogP contribution in [0.3, 0.4) is 0 Å². The zero-order chi connectivity index (χ0) is 29.7. The zero-order valence-corrected chi connectivity index (χ0v) is 23.2. The van der Waals surface area contributed by atoms with Gasteiger partial charge in [-0.05, 0) is 61.3 Å². The first-order valence-electron chi connectivity index (χ1n) is 13.9. The molecule has 220 valence electrons. The van der Waals surface area contributed by atoms with Gasteiger partial charge in [0.25, 0.3) is 5.91 Å². The molecule has 0 spiro atoms. The number of hydrogen-bond donors (Lipinski definition) is 2. The quantitative estimate of drug-likeness (QED) is 0.205. The molecule has 1 fully saturated rings. The summed E-state index contributed by atoms with van der Waals surface area (Å²) in [6.45, 7) is 0.987. The van der Waals surface area contributed by atoms with E-state index in [0.29, 0.717) is 23.0 Å². The maximum absolute atomic E-state index is 13.2. The zero-order valence-electron chi connectivity index (χ0n) is 23.2. The van der Waals surface area contributed by atoms with Gasteiger partial charge in [0.2, 0.25) is 0 Å². The molecule has 3 aromatic carbocycles. The summed E-state index contributed by atoms with van der Waals surface area (Å²) in [4.78, 5) is 30.2. The Kier molecular flexibility index (Phi) is 8.82. The minimum Gasteiger partial charge on any atom is -0.489 e. The second-order valence-corrected chi connectivity index (χ2v) is 10.6. The highest BCUT2D eigenvalue weighted by Gasteiger charge is 2.42. The number of anilines is 1. The number of hydrogen-bond acceptors (Lipinski definition) is 5. The maximum atomic E-state index is 13.2. The van der Waals surface area contributed by atoms with Crippen LogP contribution in [0.25, 0.3) is 10.9 Å². The summed E-state index contributed by atoms with van der Waals surface area (Å²) < 4.78 is 50.0. The molecule has 7 nitrogen and oxygen atoms in total. The molecule has 0 atom stereocenters. The van der Waals surface area contributed by atoms with Crippen molar-refractivity contribution in [2.75, 3.05) is 12.4 Å². The van der Waals surface area contributed by atoms with Gasteiger partial charge in [-0.3, -0.25) is 9.69 Å². The summed E-state index contributed by atoms with van der Waals surface area (Å²) in [7, 11) is 2.11. The number of alkyl halides is 3. The number of aromatic nitrogens is 1. The standard InChI is InChI=1S/C32H32F3N3O4/c1-38(24-10-6-3-7-11-24)19-21-12-14-23(15-13-21)36-30(39)28-29(42-31(40)32(33,34)35)26-18-25(16-17-27(26)37-28)41-20-22-8-4-2-5-9-22/h2,4-5,8-9,12-18,24,37H,3,6-7,10-11,19-20H2,1H3,(H,36,39). The van der Waals surface area contributed by atoms with Crippen molar-refractivity contribution in [2.45, 2.75) is 57.5 Å². The lowest BCUT2D eigenvalue weighted by Gasteiger charge is -2.31. The third-order valence-electron chi connectivity index (χ3n) is 7.47. The Balaban J connectivity index is 1.34. The first-order valence-corrected chi connectivity index (χ1v) is 13.9. The van der Waals surface area contributed by atoms with Gasteiger partial charge in [-0.1, -0.05) is 61.7 Å². The third-order valence-corrected chi connectivity index (χ3v) is 7.47. The second-order valence-electron chi connectivity index (χ2n) is 10.6. The number of rotatable bonds is 9. The van der Waals surface area contributed by atoms with Gasteiger partial charge in [-0.2, -0.15) is 13.2 Å². The summed E-state index contributed by atoms with van der Waals surface area (Å²) in [6.07, 6.45) is 0.912. The molecule has 1 aromatic heterocycles. The highest BCUT2D eigenvalue weighted by Crippen LogP contribution is 2.35. The smallest absolute Gasteiger partial charge is 0.489 e. The minimum atomic E-state index is -5.25. The number of amides is 1. The topological polar surface area (TPSA) is 83.7 Å². The summed E-state index contributed by atoms with van der Waals surface area (Å²) in [5.41, 5.74) is 2.40. The van der Waals surface area contributed by atoms with E-state index in [4.69, 9.17) is 9.47 Å². The summed E-state index contributed by atoms with van der Waals surface area (Å²) >= 11 is 0. The molecule has 1 heterocycles. The predicted octanol–water partition coefficient (Wildman–Crippen LogP) is 7.23. The monoisotopic (exact) mass is 579 g/mol. The molecule has 1 aliphatic carbocycles. The van der Waals surface area contributed by atoms with Crippen molar-refractivity contribution in [1.82, 2.24) is 9.88 Å². The Labute approximate surface area is 241 Å². The van der Waals surface area contributed by atoms with Crippen LogP contribution in [-0.4, -0.2) is 41.0 Å². The first kappa shape index (κ1) is 29.2. The molecule has 1 aliphatic rings. The predicted molar refractivity (Wildman–Crippen MR) is 153 cm³/mol. The van der Waals surface area contributed by atoms with Crippen LogP contribution >= 0.6 is 0 Å². The van der Waals surface area contributed by atoms with Gasteiger partial charge in [0.15, 0.2) is 5.75 Å². The molecule has 5 rings (SSSR count). The fourth-order valence-corrected chi connectivity index (χ4v) is 5.22. The average molecular weight is 580 g/mol. The number of carbonyl (C=O) groups excluding carboxylic acids is 2. The van der Waals surface area contributed by atoms with Crippen molar-refractivity contribution in [1.29, 1.82) is 0 Å². The molecule has 0 saturated heterocycles. The van der Waals surface area contributed by atoms with E-state index in [9.17, 15) is 22.8 Å². The van der Waals surface area contributed by atoms with E-state index >= 15 is 0 Å². The summed E-state index contributed by atoms with van der Waals surface area (Å²) in [5.74, 6) is -3.38. The van der Waals surface area contributed by atoms with Crippen LogP contribution in [0.15, 0.2) is 72.8 Å². The fraction of sp³-hybridized carbons (Fsp3) is 0.312. The molecule has 0 radical (unpaired) electrons. The molecule has 0 bridgehead atoms. The maximum Gasteiger partial charge on any atom is 0.491 e. The van der Waals surface area contributed by atoms with Gasteiger partial charge in [0.1, 0.15) is 18.1 Å². The van der Waals surface area contributed by atoms with Crippen molar-refractivity contribution in [3.05, 3.63) is 89.6 Å². The van der Waals surface area contributed by atoms with Crippen LogP contribution in [0.2, 0.25) is 0 Å². The molecule has 2 N–H and O–H groups in total. The Bertz CT molecular complexity index is 1530. The normalized spacial score (nSPS) is 14.2. The summed E-state index contributed by atoms with van der Waals surface area (Å²) in [6, 6.07) is 21.8. The van der Waals surface area contributed by atoms with Gasteiger partial charge in [0.05, 0.1) is 5.52 Å². The van der Waals surface area contributed by atoms with Crippen LogP contribution in [0.1, 0.15) is 53.7 Å². The van der Waals surface area contributed by atoms with E-state index in [0.717, 1.165) is 17.7 Å². The number of halogens is 3. The first-order chi connectivity index (χ1) is 20.2. The second kappa shape index (κ2) is 12.7. The number of nitrogens with one attached hydrogen (secondary N) is 2. The Morgan fingerprint density at radius 2 is 1.67 bits per heavy atom. The molecule has 10 heteroatoms. The Hall–Kier alpha value is -4.31. The van der Waals surface area contributed by atoms with E-state index in [1.165, 1.54) is 38.2 Å². The SMILES string of the molecule is CN(Cc1ccc(NC(=O)c2[nH]c3ccc(OCc4ccccc4)cc3c2OC(=O)C(F)(F)F)cc1)C1CCCCC1. The van der Waals surface area contributed by atoms with Crippen LogP contribution in [0.4, 0.5) is 18.9 Å². The van der Waals surface area contributed by atoms with Crippen molar-refractivity contribution in [2.24, 2.45) is 0 Å². The van der Waals surface area contributed by atoms with E-state index < -0.39 is 23.8 Å². The number of fused-ring (bicyclic) bond motifs is 1. The van der Waals surface area contributed by atoms with Crippen molar-refractivity contribution >= 4 is 28.5 Å². The van der Waals surface area contributed by atoms with Gasteiger partial charge >= 0.3 is 12.1 Å². The van der Waals surface area contributed by atoms with Crippen LogP contribution in [0.5, 0.6) is 11.5 Å². The van der Waals surface area contributed by atoms with Crippen molar-refractivity contribution < 1.29 is 32.2 Å². The Morgan fingerprint density at radius 1 is 0.952 bits per heavy atom. The largest absolute Gasteiger partial charge is 0.491 e. The molecular weight excluding hydrogens is 547 g/mol. The molecule has 4 aromatic rings.